The van der Waals surface area contributed by atoms with Crippen LogP contribution in [0.1, 0.15) is 25.3 Å². The highest BCUT2D eigenvalue weighted by molar-refractivity contribution is 6.30. The van der Waals surface area contributed by atoms with Crippen molar-refractivity contribution in [2.75, 3.05) is 19.6 Å². The predicted octanol–water partition coefficient (Wildman–Crippen LogP) is 3.61. The van der Waals surface area contributed by atoms with Crippen molar-refractivity contribution >= 4 is 11.6 Å². The maximum atomic E-state index is 5.87. The molecule has 88 valence electrons. The van der Waals surface area contributed by atoms with Crippen LogP contribution in [0.5, 0.6) is 0 Å². The fourth-order valence-corrected chi connectivity index (χ4v) is 2.35. The molecule has 1 fully saturated rings. The molecule has 1 aromatic rings. The Morgan fingerprint density at radius 2 is 1.81 bits per heavy atom. The van der Waals surface area contributed by atoms with Crippen molar-refractivity contribution in [2.45, 2.75) is 26.2 Å². The van der Waals surface area contributed by atoms with Gasteiger partial charge >= 0.3 is 0 Å². The SMILES string of the molecule is CC1CCN(CCc2ccc(Cl)cc2)CC1. The minimum atomic E-state index is 0.829. The molecule has 0 amide bonds. The molecule has 1 aromatic carbocycles. The molecule has 2 rings (SSSR count). The maximum absolute atomic E-state index is 5.87. The fraction of sp³-hybridized carbons (Fsp3) is 0.571. The quantitative estimate of drug-likeness (QED) is 0.776. The molecule has 0 spiro atoms. The monoisotopic (exact) mass is 237 g/mol. The highest BCUT2D eigenvalue weighted by Gasteiger charge is 2.14. The van der Waals surface area contributed by atoms with Gasteiger partial charge < -0.3 is 4.90 Å². The number of hydrogen-bond acceptors (Lipinski definition) is 1. The summed E-state index contributed by atoms with van der Waals surface area (Å²) in [6.07, 6.45) is 3.87. The van der Waals surface area contributed by atoms with E-state index < -0.39 is 0 Å². The number of piperidine rings is 1. The van der Waals surface area contributed by atoms with E-state index in [0.29, 0.717) is 0 Å². The average Bonchev–Trinajstić information content (AvgIpc) is 2.30. The summed E-state index contributed by atoms with van der Waals surface area (Å²) >= 11 is 5.87. The number of hydrogen-bond donors (Lipinski definition) is 0. The van der Waals surface area contributed by atoms with Crippen LogP contribution in [0.25, 0.3) is 0 Å². The zero-order chi connectivity index (χ0) is 11.4. The van der Waals surface area contributed by atoms with Crippen LogP contribution < -0.4 is 0 Å². The van der Waals surface area contributed by atoms with Gasteiger partial charge in [-0.1, -0.05) is 30.7 Å². The lowest BCUT2D eigenvalue weighted by Gasteiger charge is -2.30. The van der Waals surface area contributed by atoms with E-state index in [9.17, 15) is 0 Å². The van der Waals surface area contributed by atoms with Crippen LogP contribution in [-0.4, -0.2) is 24.5 Å². The second kappa shape index (κ2) is 5.70. The van der Waals surface area contributed by atoms with E-state index in [1.807, 2.05) is 12.1 Å². The largest absolute Gasteiger partial charge is 0.303 e. The Kier molecular flexibility index (Phi) is 4.25. The molecule has 1 nitrogen and oxygen atoms in total. The second-order valence-corrected chi connectivity index (χ2v) is 5.34. The molecule has 0 atom stereocenters. The Morgan fingerprint density at radius 1 is 1.19 bits per heavy atom. The predicted molar refractivity (Wildman–Crippen MR) is 70.0 cm³/mol. The van der Waals surface area contributed by atoms with E-state index in [0.717, 1.165) is 17.4 Å². The highest BCUT2D eigenvalue weighted by atomic mass is 35.5. The van der Waals surface area contributed by atoms with E-state index in [4.69, 9.17) is 11.6 Å². The first-order valence-corrected chi connectivity index (χ1v) is 6.58. The molecule has 1 aliphatic heterocycles. The first kappa shape index (κ1) is 11.9. The highest BCUT2D eigenvalue weighted by Crippen LogP contribution is 2.16. The molecule has 0 unspecified atom stereocenters. The lowest BCUT2D eigenvalue weighted by atomic mass is 9.99. The summed E-state index contributed by atoms with van der Waals surface area (Å²) in [7, 11) is 0. The zero-order valence-electron chi connectivity index (χ0n) is 9.95. The number of nitrogens with zero attached hydrogens (tertiary/aromatic N) is 1. The molecule has 16 heavy (non-hydrogen) atoms. The van der Waals surface area contributed by atoms with E-state index in [1.165, 1.54) is 38.0 Å². The van der Waals surface area contributed by atoms with Crippen molar-refractivity contribution in [1.82, 2.24) is 4.90 Å². The van der Waals surface area contributed by atoms with Gasteiger partial charge in [-0.2, -0.15) is 0 Å². The van der Waals surface area contributed by atoms with Gasteiger partial charge in [0, 0.05) is 11.6 Å². The smallest absolute Gasteiger partial charge is 0.0406 e. The van der Waals surface area contributed by atoms with Crippen LogP contribution >= 0.6 is 11.6 Å². The normalized spacial score (nSPS) is 18.9. The van der Waals surface area contributed by atoms with Crippen LogP contribution in [0.3, 0.4) is 0 Å². The van der Waals surface area contributed by atoms with Gasteiger partial charge in [0.1, 0.15) is 0 Å². The van der Waals surface area contributed by atoms with Gasteiger partial charge in [0.25, 0.3) is 0 Å². The van der Waals surface area contributed by atoms with E-state index >= 15 is 0 Å². The summed E-state index contributed by atoms with van der Waals surface area (Å²) in [4.78, 5) is 2.58. The van der Waals surface area contributed by atoms with Gasteiger partial charge in [-0.15, -0.1) is 0 Å². The zero-order valence-corrected chi connectivity index (χ0v) is 10.7. The summed E-state index contributed by atoms with van der Waals surface area (Å²) < 4.78 is 0. The standard InChI is InChI=1S/C14H20ClN/c1-12-6-9-16(10-7-12)11-8-13-2-4-14(15)5-3-13/h2-5,12H,6-11H2,1H3. The lowest BCUT2D eigenvalue weighted by Crippen LogP contribution is -2.34. The van der Waals surface area contributed by atoms with Gasteiger partial charge in [-0.05, 0) is 56.0 Å². The maximum Gasteiger partial charge on any atom is 0.0406 e. The Balaban J connectivity index is 1.77. The number of halogens is 1. The lowest BCUT2D eigenvalue weighted by molar-refractivity contribution is 0.194. The van der Waals surface area contributed by atoms with Crippen molar-refractivity contribution in [2.24, 2.45) is 5.92 Å². The van der Waals surface area contributed by atoms with E-state index in [2.05, 4.69) is 24.0 Å². The summed E-state index contributed by atoms with van der Waals surface area (Å²) in [5.74, 6) is 0.923. The first-order chi connectivity index (χ1) is 7.74. The molecule has 0 radical (unpaired) electrons. The molecule has 0 bridgehead atoms. The molecule has 0 aromatic heterocycles. The van der Waals surface area contributed by atoms with Crippen molar-refractivity contribution in [3.05, 3.63) is 34.9 Å². The topological polar surface area (TPSA) is 3.24 Å². The van der Waals surface area contributed by atoms with Crippen molar-refractivity contribution < 1.29 is 0 Å². The number of likely N-dealkylation sites (tertiary alicyclic amines) is 1. The van der Waals surface area contributed by atoms with Crippen molar-refractivity contribution in [3.63, 3.8) is 0 Å². The van der Waals surface area contributed by atoms with E-state index in [1.54, 1.807) is 0 Å². The first-order valence-electron chi connectivity index (χ1n) is 6.21. The van der Waals surface area contributed by atoms with Gasteiger partial charge in [-0.25, -0.2) is 0 Å². The molecule has 0 N–H and O–H groups in total. The summed E-state index contributed by atoms with van der Waals surface area (Å²) in [5, 5.41) is 0.829. The molecule has 1 saturated heterocycles. The average molecular weight is 238 g/mol. The molecular weight excluding hydrogens is 218 g/mol. The minimum absolute atomic E-state index is 0.829. The Labute approximate surface area is 103 Å². The third-order valence-corrected chi connectivity index (χ3v) is 3.76. The Bertz CT molecular complexity index is 312. The number of rotatable bonds is 3. The summed E-state index contributed by atoms with van der Waals surface area (Å²) in [5.41, 5.74) is 1.39. The summed E-state index contributed by atoms with van der Waals surface area (Å²) in [6, 6.07) is 8.23. The molecule has 2 heteroatoms. The van der Waals surface area contributed by atoms with Crippen LogP contribution in [-0.2, 0) is 6.42 Å². The molecule has 0 saturated carbocycles. The molecule has 0 aliphatic carbocycles. The van der Waals surface area contributed by atoms with Crippen LogP contribution in [0, 0.1) is 5.92 Å². The third-order valence-electron chi connectivity index (χ3n) is 3.51. The van der Waals surface area contributed by atoms with Gasteiger partial charge in [0.05, 0.1) is 0 Å². The van der Waals surface area contributed by atoms with Gasteiger partial charge in [0.15, 0.2) is 0 Å². The molecular formula is C14H20ClN. The Hall–Kier alpha value is -0.530. The minimum Gasteiger partial charge on any atom is -0.303 e. The van der Waals surface area contributed by atoms with Gasteiger partial charge in [0.2, 0.25) is 0 Å². The molecule has 1 heterocycles. The van der Waals surface area contributed by atoms with Crippen LogP contribution in [0.4, 0.5) is 0 Å². The van der Waals surface area contributed by atoms with Gasteiger partial charge in [-0.3, -0.25) is 0 Å². The fourth-order valence-electron chi connectivity index (χ4n) is 2.22. The third kappa shape index (κ3) is 3.50. The van der Waals surface area contributed by atoms with Crippen LogP contribution in [0.2, 0.25) is 5.02 Å². The number of benzene rings is 1. The van der Waals surface area contributed by atoms with Crippen molar-refractivity contribution in [3.8, 4) is 0 Å². The van der Waals surface area contributed by atoms with Crippen molar-refractivity contribution in [1.29, 1.82) is 0 Å². The Morgan fingerprint density at radius 3 is 2.44 bits per heavy atom. The second-order valence-electron chi connectivity index (χ2n) is 4.90. The van der Waals surface area contributed by atoms with E-state index in [-0.39, 0.29) is 0 Å². The molecule has 1 aliphatic rings. The van der Waals surface area contributed by atoms with Crippen LogP contribution in [0.15, 0.2) is 24.3 Å². The summed E-state index contributed by atoms with van der Waals surface area (Å²) in [6.45, 7) is 6.09.